The van der Waals surface area contributed by atoms with E-state index in [0.29, 0.717) is 4.48 Å². The molecule has 2 atom stereocenters. The van der Waals surface area contributed by atoms with Crippen molar-refractivity contribution in [1.82, 2.24) is 0 Å². The molecule has 0 spiro atoms. The fourth-order valence-electron chi connectivity index (χ4n) is 3.50. The maximum absolute atomic E-state index is 13.0. The molecule has 0 aromatic rings. The maximum atomic E-state index is 13.0. The molecule has 9 heteroatoms. The summed E-state index contributed by atoms with van der Waals surface area (Å²) in [7, 11) is 3.17. The Labute approximate surface area is 194 Å². The minimum atomic E-state index is -1.68. The van der Waals surface area contributed by atoms with Gasteiger partial charge in [0.1, 0.15) is 12.2 Å². The molecule has 0 aromatic heterocycles. The predicted octanol–water partition coefficient (Wildman–Crippen LogP) is 3.75. The lowest BCUT2D eigenvalue weighted by molar-refractivity contribution is -0.183. The van der Waals surface area contributed by atoms with Gasteiger partial charge in [0.25, 0.3) is 0 Å². The highest BCUT2D eigenvalue weighted by Gasteiger charge is 2.57. The summed E-state index contributed by atoms with van der Waals surface area (Å²) in [5.41, 5.74) is -3.11. The quantitative estimate of drug-likeness (QED) is 0.290. The van der Waals surface area contributed by atoms with E-state index >= 15 is 0 Å². The van der Waals surface area contributed by atoms with Crippen molar-refractivity contribution >= 4 is 27.9 Å². The average molecular weight is 509 g/mol. The van der Waals surface area contributed by atoms with Crippen molar-refractivity contribution in [3.8, 4) is 0 Å². The molecular weight excluding hydrogens is 472 g/mol. The molecule has 180 valence electrons. The third-order valence-corrected chi connectivity index (χ3v) is 5.92. The first-order chi connectivity index (χ1) is 14.3. The largest absolute Gasteiger partial charge is 0.465 e. The molecule has 1 fully saturated rings. The van der Waals surface area contributed by atoms with Crippen LogP contribution in [0.15, 0.2) is 11.1 Å². The van der Waals surface area contributed by atoms with Gasteiger partial charge in [0.2, 0.25) is 0 Å². The number of ether oxygens (including phenoxy) is 6. The molecule has 0 aromatic carbocycles. The summed E-state index contributed by atoms with van der Waals surface area (Å²) in [6.45, 7) is 14.9. The van der Waals surface area contributed by atoms with E-state index in [1.807, 2.05) is 27.7 Å². The van der Waals surface area contributed by atoms with Crippen molar-refractivity contribution in [2.75, 3.05) is 27.4 Å². The highest BCUT2D eigenvalue weighted by Crippen LogP contribution is 2.43. The summed E-state index contributed by atoms with van der Waals surface area (Å²) in [4.78, 5) is 26.1. The number of rotatable bonds is 12. The number of esters is 2. The van der Waals surface area contributed by atoms with Crippen LogP contribution in [-0.2, 0) is 38.0 Å². The van der Waals surface area contributed by atoms with Crippen LogP contribution in [0.25, 0.3) is 0 Å². The van der Waals surface area contributed by atoms with Gasteiger partial charge in [-0.05, 0) is 46.0 Å². The first-order valence-electron chi connectivity index (χ1n) is 10.4. The third-order valence-electron chi connectivity index (χ3n) is 5.64. The van der Waals surface area contributed by atoms with Crippen molar-refractivity contribution in [1.29, 1.82) is 0 Å². The molecule has 0 unspecified atom stereocenters. The summed E-state index contributed by atoms with van der Waals surface area (Å²) >= 11 is 3.28. The van der Waals surface area contributed by atoms with Gasteiger partial charge in [0.05, 0.1) is 24.4 Å². The topological polar surface area (TPSA) is 89.5 Å². The lowest BCUT2D eigenvalue weighted by atomic mass is 9.80. The molecule has 8 nitrogen and oxygen atoms in total. The van der Waals surface area contributed by atoms with Crippen LogP contribution in [0.1, 0.15) is 54.4 Å². The summed E-state index contributed by atoms with van der Waals surface area (Å²) < 4.78 is 34.7. The minimum Gasteiger partial charge on any atom is -0.465 e. The molecule has 1 heterocycles. The molecule has 31 heavy (non-hydrogen) atoms. The fraction of sp³-hybridized carbons (Fsp3) is 0.818. The van der Waals surface area contributed by atoms with E-state index in [4.69, 9.17) is 28.4 Å². The van der Waals surface area contributed by atoms with Gasteiger partial charge in [-0.3, -0.25) is 9.59 Å². The van der Waals surface area contributed by atoms with Crippen LogP contribution < -0.4 is 0 Å². The van der Waals surface area contributed by atoms with Crippen LogP contribution in [0.2, 0.25) is 0 Å². The zero-order chi connectivity index (χ0) is 24.0. The van der Waals surface area contributed by atoms with Gasteiger partial charge in [-0.1, -0.05) is 22.5 Å². The van der Waals surface area contributed by atoms with Crippen molar-refractivity contribution in [2.45, 2.75) is 84.1 Å². The van der Waals surface area contributed by atoms with Crippen molar-refractivity contribution in [3.05, 3.63) is 11.1 Å². The molecular formula is C22H37BrO8. The summed E-state index contributed by atoms with van der Waals surface area (Å²) in [5, 5.41) is 0. The Balaban J connectivity index is 3.39. The molecule has 0 aliphatic carbocycles. The highest BCUT2D eigenvalue weighted by atomic mass is 79.9. The Morgan fingerprint density at radius 1 is 0.903 bits per heavy atom. The minimum absolute atomic E-state index is 0.0233. The summed E-state index contributed by atoms with van der Waals surface area (Å²) in [5.74, 6) is -1.42. The van der Waals surface area contributed by atoms with Crippen LogP contribution in [0.3, 0.4) is 0 Å². The zero-order valence-corrected chi connectivity index (χ0v) is 21.5. The molecule has 1 aliphatic heterocycles. The lowest BCUT2D eigenvalue weighted by Crippen LogP contribution is -2.53. The Kier molecular flexibility index (Phi) is 10.2. The van der Waals surface area contributed by atoms with E-state index in [1.54, 1.807) is 28.1 Å². The lowest BCUT2D eigenvalue weighted by Gasteiger charge is -2.38. The number of carbonyl (C=O) groups is 2. The summed E-state index contributed by atoms with van der Waals surface area (Å²) in [6.07, 6.45) is -2.08. The molecule has 1 rings (SSSR count). The van der Waals surface area contributed by atoms with E-state index in [2.05, 4.69) is 22.5 Å². The number of hydrogen-bond donors (Lipinski definition) is 0. The second-order valence-corrected chi connectivity index (χ2v) is 9.70. The van der Waals surface area contributed by atoms with Crippen LogP contribution in [0.4, 0.5) is 0 Å². The van der Waals surface area contributed by atoms with Crippen LogP contribution in [0, 0.1) is 5.41 Å². The molecule has 1 saturated heterocycles. The number of methoxy groups -OCH3 is 2. The number of halogens is 1. The Morgan fingerprint density at radius 3 is 1.58 bits per heavy atom. The normalized spacial score (nSPS) is 20.5. The highest BCUT2D eigenvalue weighted by molar-refractivity contribution is 9.11. The van der Waals surface area contributed by atoms with E-state index in [9.17, 15) is 9.59 Å². The molecule has 0 bridgehead atoms. The third kappa shape index (κ3) is 6.51. The Hall–Kier alpha value is -1.00. The Morgan fingerprint density at radius 2 is 1.29 bits per heavy atom. The smallest absolute Gasteiger partial charge is 0.324 e. The zero-order valence-electron chi connectivity index (χ0n) is 19.9. The van der Waals surface area contributed by atoms with Gasteiger partial charge in [-0.25, -0.2) is 0 Å². The van der Waals surface area contributed by atoms with Gasteiger partial charge >= 0.3 is 11.9 Å². The maximum Gasteiger partial charge on any atom is 0.324 e. The van der Waals surface area contributed by atoms with E-state index in [0.717, 1.165) is 0 Å². The van der Waals surface area contributed by atoms with Crippen LogP contribution in [0.5, 0.6) is 0 Å². The molecule has 0 N–H and O–H groups in total. The van der Waals surface area contributed by atoms with Gasteiger partial charge in [-0.15, -0.1) is 0 Å². The van der Waals surface area contributed by atoms with Crippen molar-refractivity contribution in [3.63, 3.8) is 0 Å². The van der Waals surface area contributed by atoms with Gasteiger partial charge in [-0.2, -0.15) is 0 Å². The number of allylic oxidation sites excluding steroid dienone is 1. The monoisotopic (exact) mass is 508 g/mol. The summed E-state index contributed by atoms with van der Waals surface area (Å²) in [6, 6.07) is 0. The molecule has 0 radical (unpaired) electrons. The van der Waals surface area contributed by atoms with E-state index < -0.39 is 47.1 Å². The second kappa shape index (κ2) is 11.2. The van der Waals surface area contributed by atoms with E-state index in [-0.39, 0.29) is 26.1 Å². The van der Waals surface area contributed by atoms with Crippen LogP contribution in [-0.4, -0.2) is 69.1 Å². The SMILES string of the molecule is C=C(Br)CC(CC1O[C@@H](C(C)(C)OC)[C@H](C(C)(C)OC)O1)(C(=O)OCC)C(=O)OCC. The number of carbonyl (C=O) groups excluding carboxylic acids is 2. The first-order valence-corrected chi connectivity index (χ1v) is 11.2. The van der Waals surface area contributed by atoms with Crippen LogP contribution >= 0.6 is 15.9 Å². The predicted molar refractivity (Wildman–Crippen MR) is 119 cm³/mol. The number of hydrogen-bond acceptors (Lipinski definition) is 8. The van der Waals surface area contributed by atoms with Gasteiger partial charge in [0, 0.05) is 27.1 Å². The Bertz CT molecular complexity index is 603. The average Bonchev–Trinajstić information content (AvgIpc) is 3.13. The standard InChI is InChI=1S/C22H37BrO8/c1-10-28-18(24)22(12-14(3)23,19(25)29-11-2)13-15-30-16(20(4,5)26-8)17(31-15)21(6,7)27-9/h15-17H,3,10-13H2,1-2,4-9H3/t16-,17-/m1/s1. The molecule has 0 saturated carbocycles. The van der Waals surface area contributed by atoms with Gasteiger partial charge in [0.15, 0.2) is 11.7 Å². The van der Waals surface area contributed by atoms with E-state index in [1.165, 1.54) is 0 Å². The molecule has 1 aliphatic rings. The van der Waals surface area contributed by atoms with Gasteiger partial charge < -0.3 is 28.4 Å². The first kappa shape index (κ1) is 28.0. The van der Waals surface area contributed by atoms with Crippen molar-refractivity contribution in [2.24, 2.45) is 5.41 Å². The second-order valence-electron chi connectivity index (χ2n) is 8.58. The molecule has 0 amide bonds. The van der Waals surface area contributed by atoms with Crippen molar-refractivity contribution < 1.29 is 38.0 Å². The fourth-order valence-corrected chi connectivity index (χ4v) is 3.98.